The number of halogens is 2. The van der Waals surface area contributed by atoms with E-state index in [4.69, 9.17) is 23.2 Å². The number of aryl methyl sites for hydroxylation is 1. The molecule has 26 heavy (non-hydrogen) atoms. The molecule has 0 aliphatic heterocycles. The first-order valence-corrected chi connectivity index (χ1v) is 9.67. The third kappa shape index (κ3) is 4.73. The lowest BCUT2D eigenvalue weighted by Gasteiger charge is -2.00. The lowest BCUT2D eigenvalue weighted by molar-refractivity contribution is -0.111. The van der Waals surface area contributed by atoms with Crippen molar-refractivity contribution in [2.24, 2.45) is 0 Å². The second-order valence-corrected chi connectivity index (χ2v) is 7.26. The Kier molecular flexibility index (Phi) is 6.09. The summed E-state index contributed by atoms with van der Waals surface area (Å²) in [4.78, 5) is 16.5. The molecule has 3 aromatic rings. The molecule has 2 aromatic carbocycles. The molecule has 1 amide bonds. The number of carbonyl (C=O) groups excluding carboxylic acids is 1. The third-order valence-electron chi connectivity index (χ3n) is 3.76. The highest BCUT2D eigenvalue weighted by molar-refractivity contribution is 7.14. The highest BCUT2D eigenvalue weighted by Gasteiger charge is 2.06. The van der Waals surface area contributed by atoms with E-state index in [9.17, 15) is 4.79 Å². The van der Waals surface area contributed by atoms with Crippen molar-refractivity contribution >= 4 is 51.7 Å². The normalized spacial score (nSPS) is 11.0. The molecule has 0 aliphatic carbocycles. The van der Waals surface area contributed by atoms with Crippen LogP contribution in [0.1, 0.15) is 18.1 Å². The van der Waals surface area contributed by atoms with Gasteiger partial charge in [0.1, 0.15) is 0 Å². The molecule has 3 nitrogen and oxygen atoms in total. The molecule has 0 spiro atoms. The fourth-order valence-corrected chi connectivity index (χ4v) is 3.34. The number of nitrogens with zero attached hydrogens (tertiary/aromatic N) is 1. The van der Waals surface area contributed by atoms with Crippen LogP contribution in [0.2, 0.25) is 10.0 Å². The van der Waals surface area contributed by atoms with E-state index in [0.717, 1.165) is 23.2 Å². The van der Waals surface area contributed by atoms with Gasteiger partial charge in [-0.2, -0.15) is 0 Å². The van der Waals surface area contributed by atoms with Crippen LogP contribution in [0, 0.1) is 0 Å². The van der Waals surface area contributed by atoms with Crippen molar-refractivity contribution in [3.63, 3.8) is 0 Å². The van der Waals surface area contributed by atoms with Gasteiger partial charge in [0, 0.05) is 17.0 Å². The van der Waals surface area contributed by atoms with Gasteiger partial charge in [0.15, 0.2) is 5.13 Å². The SMILES string of the molecule is CCc1ccc(-c2csc(NC(=O)C=Cc3ccc(Cl)c(Cl)c3)n2)cc1. The van der Waals surface area contributed by atoms with Crippen molar-refractivity contribution in [2.75, 3.05) is 5.32 Å². The number of carbonyl (C=O) groups is 1. The predicted molar refractivity (Wildman–Crippen MR) is 111 cm³/mol. The Morgan fingerprint density at radius 2 is 1.92 bits per heavy atom. The fraction of sp³-hybridized carbons (Fsp3) is 0.100. The molecule has 0 bridgehead atoms. The van der Waals surface area contributed by atoms with Crippen LogP contribution in [0.15, 0.2) is 53.9 Å². The standard InChI is InChI=1S/C20H16Cl2N2OS/c1-2-13-3-7-15(8-4-13)18-12-26-20(23-18)24-19(25)10-6-14-5-9-16(21)17(22)11-14/h3-12H,2H2,1H3,(H,23,24,25). The average molecular weight is 403 g/mol. The van der Waals surface area contributed by atoms with E-state index in [-0.39, 0.29) is 5.91 Å². The molecule has 0 atom stereocenters. The maximum absolute atomic E-state index is 12.1. The van der Waals surface area contributed by atoms with E-state index >= 15 is 0 Å². The van der Waals surface area contributed by atoms with Gasteiger partial charge in [0.05, 0.1) is 15.7 Å². The van der Waals surface area contributed by atoms with E-state index in [1.54, 1.807) is 24.3 Å². The van der Waals surface area contributed by atoms with E-state index < -0.39 is 0 Å². The van der Waals surface area contributed by atoms with Crippen LogP contribution in [0.5, 0.6) is 0 Å². The van der Waals surface area contributed by atoms with Crippen LogP contribution in [-0.4, -0.2) is 10.9 Å². The molecule has 0 fully saturated rings. The summed E-state index contributed by atoms with van der Waals surface area (Å²) in [5.41, 5.74) is 3.96. The summed E-state index contributed by atoms with van der Waals surface area (Å²) in [7, 11) is 0. The number of thiazole rings is 1. The first-order valence-electron chi connectivity index (χ1n) is 8.04. The molecular formula is C20H16Cl2N2OS. The molecule has 132 valence electrons. The van der Waals surface area contributed by atoms with E-state index in [1.807, 2.05) is 17.5 Å². The third-order valence-corrected chi connectivity index (χ3v) is 5.26. The Bertz CT molecular complexity index is 949. The fourth-order valence-electron chi connectivity index (χ4n) is 2.31. The summed E-state index contributed by atoms with van der Waals surface area (Å²) in [5, 5.41) is 6.20. The van der Waals surface area contributed by atoms with Gasteiger partial charge in [-0.25, -0.2) is 4.98 Å². The number of anilines is 1. The van der Waals surface area contributed by atoms with Crippen molar-refractivity contribution in [3.05, 3.63) is 75.1 Å². The summed E-state index contributed by atoms with van der Waals surface area (Å²) < 4.78 is 0. The smallest absolute Gasteiger partial charge is 0.250 e. The minimum atomic E-state index is -0.252. The first-order chi connectivity index (χ1) is 12.5. The van der Waals surface area contributed by atoms with Gasteiger partial charge in [-0.1, -0.05) is 60.5 Å². The summed E-state index contributed by atoms with van der Waals surface area (Å²) in [6.45, 7) is 2.12. The molecule has 0 aliphatic rings. The van der Waals surface area contributed by atoms with Crippen molar-refractivity contribution in [2.45, 2.75) is 13.3 Å². The van der Waals surface area contributed by atoms with Crippen LogP contribution in [0.3, 0.4) is 0 Å². The quantitative estimate of drug-likeness (QED) is 0.506. The number of hydrogen-bond donors (Lipinski definition) is 1. The number of nitrogens with one attached hydrogen (secondary N) is 1. The maximum atomic E-state index is 12.1. The summed E-state index contributed by atoms with van der Waals surface area (Å²) >= 11 is 13.2. The number of benzene rings is 2. The molecule has 1 aromatic heterocycles. The van der Waals surface area contributed by atoms with Crippen LogP contribution in [-0.2, 0) is 11.2 Å². The largest absolute Gasteiger partial charge is 0.298 e. The first kappa shape index (κ1) is 18.6. The summed E-state index contributed by atoms with van der Waals surface area (Å²) in [6, 6.07) is 13.5. The number of hydrogen-bond acceptors (Lipinski definition) is 3. The Balaban J connectivity index is 1.65. The Labute approximate surface area is 166 Å². The molecule has 0 radical (unpaired) electrons. The van der Waals surface area contributed by atoms with E-state index in [2.05, 4.69) is 29.4 Å². The molecule has 6 heteroatoms. The number of rotatable bonds is 5. The van der Waals surface area contributed by atoms with Crippen LogP contribution in [0.25, 0.3) is 17.3 Å². The average Bonchev–Trinajstić information content (AvgIpc) is 3.11. The van der Waals surface area contributed by atoms with Crippen molar-refractivity contribution in [1.29, 1.82) is 0 Å². The van der Waals surface area contributed by atoms with Gasteiger partial charge < -0.3 is 0 Å². The highest BCUT2D eigenvalue weighted by atomic mass is 35.5. The van der Waals surface area contributed by atoms with Gasteiger partial charge in [-0.3, -0.25) is 10.1 Å². The van der Waals surface area contributed by atoms with E-state index in [0.29, 0.717) is 15.2 Å². The molecule has 0 saturated carbocycles. The monoisotopic (exact) mass is 402 g/mol. The van der Waals surface area contributed by atoms with Crippen molar-refractivity contribution < 1.29 is 4.79 Å². The zero-order valence-corrected chi connectivity index (χ0v) is 16.3. The Morgan fingerprint density at radius 1 is 1.15 bits per heavy atom. The Morgan fingerprint density at radius 3 is 2.62 bits per heavy atom. The van der Waals surface area contributed by atoms with Crippen molar-refractivity contribution in [3.8, 4) is 11.3 Å². The summed E-state index contributed by atoms with van der Waals surface area (Å²) in [5.74, 6) is -0.252. The predicted octanol–water partition coefficient (Wildman–Crippen LogP) is 6.33. The van der Waals surface area contributed by atoms with Crippen molar-refractivity contribution in [1.82, 2.24) is 4.98 Å². The van der Waals surface area contributed by atoms with Gasteiger partial charge in [0.25, 0.3) is 0 Å². The van der Waals surface area contributed by atoms with Crippen LogP contribution in [0.4, 0.5) is 5.13 Å². The van der Waals surface area contributed by atoms with Crippen LogP contribution >= 0.6 is 34.5 Å². The maximum Gasteiger partial charge on any atom is 0.250 e. The molecule has 1 N–H and O–H groups in total. The zero-order valence-electron chi connectivity index (χ0n) is 14.0. The van der Waals surface area contributed by atoms with E-state index in [1.165, 1.54) is 23.0 Å². The minimum Gasteiger partial charge on any atom is -0.298 e. The molecule has 3 rings (SSSR count). The second-order valence-electron chi connectivity index (χ2n) is 5.58. The van der Waals surface area contributed by atoms with Gasteiger partial charge >= 0.3 is 0 Å². The van der Waals surface area contributed by atoms with Crippen LogP contribution < -0.4 is 5.32 Å². The lowest BCUT2D eigenvalue weighted by atomic mass is 10.1. The lowest BCUT2D eigenvalue weighted by Crippen LogP contribution is -2.07. The molecule has 1 heterocycles. The molecule has 0 unspecified atom stereocenters. The van der Waals surface area contributed by atoms with Gasteiger partial charge in [-0.05, 0) is 35.8 Å². The number of aromatic nitrogens is 1. The molecular weight excluding hydrogens is 387 g/mol. The molecule has 0 saturated heterocycles. The minimum absolute atomic E-state index is 0.252. The van der Waals surface area contributed by atoms with Gasteiger partial charge in [0.2, 0.25) is 5.91 Å². The number of amides is 1. The Hall–Kier alpha value is -2.14. The highest BCUT2D eigenvalue weighted by Crippen LogP contribution is 2.26. The second kappa shape index (κ2) is 8.49. The zero-order chi connectivity index (χ0) is 18.5. The topological polar surface area (TPSA) is 42.0 Å². The summed E-state index contributed by atoms with van der Waals surface area (Å²) in [6.07, 6.45) is 4.12. The van der Waals surface area contributed by atoms with Gasteiger partial charge in [-0.15, -0.1) is 11.3 Å².